The molecular weight excluding hydrogens is 184 g/mol. The Labute approximate surface area is 89.3 Å². The third-order valence-corrected chi connectivity index (χ3v) is 2.19. The summed E-state index contributed by atoms with van der Waals surface area (Å²) in [5.74, 6) is 0. The van der Waals surface area contributed by atoms with Crippen molar-refractivity contribution in [3.63, 3.8) is 0 Å². The van der Waals surface area contributed by atoms with Crippen molar-refractivity contribution in [3.8, 4) is 11.3 Å². The molecule has 0 aliphatic carbocycles. The van der Waals surface area contributed by atoms with E-state index in [9.17, 15) is 0 Å². The highest BCUT2D eigenvalue weighted by atomic mass is 14.8. The monoisotopic (exact) mass is 196 g/mol. The molecule has 0 atom stereocenters. The zero-order chi connectivity index (χ0) is 10.5. The van der Waals surface area contributed by atoms with Gasteiger partial charge in [0, 0.05) is 18.0 Å². The van der Waals surface area contributed by atoms with Crippen LogP contribution in [0.2, 0.25) is 0 Å². The van der Waals surface area contributed by atoms with Gasteiger partial charge in [-0.3, -0.25) is 9.97 Å². The maximum atomic E-state index is 4.24. The van der Waals surface area contributed by atoms with Crippen molar-refractivity contribution in [2.45, 2.75) is 6.42 Å². The van der Waals surface area contributed by atoms with Crippen LogP contribution in [0, 0.1) is 0 Å². The molecule has 0 bridgehead atoms. The predicted octanol–water partition coefficient (Wildman–Crippen LogP) is 2.87. The molecule has 1 aromatic carbocycles. The lowest BCUT2D eigenvalue weighted by molar-refractivity contribution is 1.20. The Bertz CT molecular complexity index is 432. The molecule has 0 N–H and O–H groups in total. The largest absolute Gasteiger partial charge is 0.261 e. The van der Waals surface area contributed by atoms with E-state index in [-0.39, 0.29) is 0 Å². The Morgan fingerprint density at radius 1 is 1.13 bits per heavy atom. The fourth-order valence-electron chi connectivity index (χ4n) is 1.43. The fourth-order valence-corrected chi connectivity index (χ4v) is 1.43. The molecule has 2 heteroatoms. The van der Waals surface area contributed by atoms with Gasteiger partial charge in [0.05, 0.1) is 11.9 Å². The average Bonchev–Trinajstić information content (AvgIpc) is 2.32. The summed E-state index contributed by atoms with van der Waals surface area (Å²) < 4.78 is 0. The minimum Gasteiger partial charge on any atom is -0.261 e. The molecule has 15 heavy (non-hydrogen) atoms. The molecule has 2 aromatic rings. The lowest BCUT2D eigenvalue weighted by Crippen LogP contribution is -1.85. The number of allylic oxidation sites excluding steroid dienone is 1. The summed E-state index contributed by atoms with van der Waals surface area (Å²) in [6, 6.07) is 8.29. The van der Waals surface area contributed by atoms with Gasteiger partial charge >= 0.3 is 0 Å². The van der Waals surface area contributed by atoms with Crippen LogP contribution in [0.25, 0.3) is 11.3 Å². The summed E-state index contributed by atoms with van der Waals surface area (Å²) in [5, 5.41) is 0. The van der Waals surface area contributed by atoms with Crippen LogP contribution in [0.3, 0.4) is 0 Å². The number of aromatic nitrogens is 2. The van der Waals surface area contributed by atoms with Crippen molar-refractivity contribution >= 4 is 0 Å². The van der Waals surface area contributed by atoms with Gasteiger partial charge in [0.2, 0.25) is 0 Å². The van der Waals surface area contributed by atoms with E-state index in [1.807, 2.05) is 6.08 Å². The van der Waals surface area contributed by atoms with Crippen LogP contribution in [-0.4, -0.2) is 9.97 Å². The van der Waals surface area contributed by atoms with Gasteiger partial charge < -0.3 is 0 Å². The maximum Gasteiger partial charge on any atom is 0.0885 e. The first-order valence-corrected chi connectivity index (χ1v) is 4.86. The molecule has 0 amide bonds. The molecule has 0 radical (unpaired) electrons. The predicted molar refractivity (Wildman–Crippen MR) is 61.4 cm³/mol. The van der Waals surface area contributed by atoms with Gasteiger partial charge in [0.15, 0.2) is 0 Å². The summed E-state index contributed by atoms with van der Waals surface area (Å²) >= 11 is 0. The number of hydrogen-bond acceptors (Lipinski definition) is 2. The molecule has 0 saturated heterocycles. The fraction of sp³-hybridized carbons (Fsp3) is 0.0769. The van der Waals surface area contributed by atoms with E-state index in [0.29, 0.717) is 0 Å². The zero-order valence-corrected chi connectivity index (χ0v) is 8.43. The first-order valence-electron chi connectivity index (χ1n) is 4.86. The van der Waals surface area contributed by atoms with E-state index in [2.05, 4.69) is 40.8 Å². The molecule has 2 nitrogen and oxygen atoms in total. The van der Waals surface area contributed by atoms with Crippen LogP contribution in [0.4, 0.5) is 0 Å². The summed E-state index contributed by atoms with van der Waals surface area (Å²) in [5.41, 5.74) is 3.26. The molecule has 0 saturated carbocycles. The molecule has 1 heterocycles. The van der Waals surface area contributed by atoms with Crippen molar-refractivity contribution in [1.29, 1.82) is 0 Å². The molecule has 2 rings (SSSR count). The molecule has 0 unspecified atom stereocenters. The summed E-state index contributed by atoms with van der Waals surface area (Å²) in [4.78, 5) is 8.28. The second kappa shape index (κ2) is 4.51. The molecule has 0 spiro atoms. The van der Waals surface area contributed by atoms with Crippen LogP contribution in [0.15, 0.2) is 55.5 Å². The highest BCUT2D eigenvalue weighted by Crippen LogP contribution is 2.16. The van der Waals surface area contributed by atoms with Gasteiger partial charge in [0.1, 0.15) is 0 Å². The Morgan fingerprint density at radius 3 is 2.53 bits per heavy atom. The van der Waals surface area contributed by atoms with Crippen LogP contribution in [0.5, 0.6) is 0 Å². The van der Waals surface area contributed by atoms with Crippen molar-refractivity contribution in [2.24, 2.45) is 0 Å². The van der Waals surface area contributed by atoms with Crippen molar-refractivity contribution in [3.05, 3.63) is 61.1 Å². The van der Waals surface area contributed by atoms with Gasteiger partial charge in [-0.2, -0.15) is 0 Å². The molecule has 0 aliphatic rings. The highest BCUT2D eigenvalue weighted by molar-refractivity contribution is 5.58. The summed E-state index contributed by atoms with van der Waals surface area (Å²) in [6.07, 6.45) is 7.95. The van der Waals surface area contributed by atoms with Crippen LogP contribution >= 0.6 is 0 Å². The van der Waals surface area contributed by atoms with E-state index in [0.717, 1.165) is 17.7 Å². The van der Waals surface area contributed by atoms with Crippen molar-refractivity contribution in [1.82, 2.24) is 9.97 Å². The van der Waals surface area contributed by atoms with Gasteiger partial charge in [-0.25, -0.2) is 0 Å². The SMILES string of the molecule is C=CCc1ccc(-c2cnccn2)cc1. The molecule has 0 aliphatic heterocycles. The van der Waals surface area contributed by atoms with Crippen molar-refractivity contribution < 1.29 is 0 Å². The van der Waals surface area contributed by atoms with Gasteiger partial charge in [-0.05, 0) is 12.0 Å². The second-order valence-corrected chi connectivity index (χ2v) is 3.28. The Hall–Kier alpha value is -1.96. The normalized spacial score (nSPS) is 9.87. The molecule has 1 aromatic heterocycles. The number of nitrogens with zero attached hydrogens (tertiary/aromatic N) is 2. The first-order chi connectivity index (χ1) is 7.40. The van der Waals surface area contributed by atoms with Gasteiger partial charge in [0.25, 0.3) is 0 Å². The Balaban J connectivity index is 2.28. The molecule has 74 valence electrons. The number of benzene rings is 1. The third-order valence-electron chi connectivity index (χ3n) is 2.19. The van der Waals surface area contributed by atoms with Gasteiger partial charge in [-0.1, -0.05) is 30.3 Å². The Kier molecular flexibility index (Phi) is 2.88. The third kappa shape index (κ3) is 2.29. The maximum absolute atomic E-state index is 4.24. The lowest BCUT2D eigenvalue weighted by atomic mass is 10.1. The highest BCUT2D eigenvalue weighted by Gasteiger charge is 1.97. The zero-order valence-electron chi connectivity index (χ0n) is 8.43. The summed E-state index contributed by atoms with van der Waals surface area (Å²) in [6.45, 7) is 3.71. The van der Waals surface area contributed by atoms with E-state index in [1.54, 1.807) is 18.6 Å². The standard InChI is InChI=1S/C13H12N2/c1-2-3-11-4-6-12(7-5-11)13-10-14-8-9-15-13/h2,4-10H,1,3H2. The van der Waals surface area contributed by atoms with Crippen LogP contribution < -0.4 is 0 Å². The van der Waals surface area contributed by atoms with E-state index >= 15 is 0 Å². The van der Waals surface area contributed by atoms with E-state index < -0.39 is 0 Å². The second-order valence-electron chi connectivity index (χ2n) is 3.28. The van der Waals surface area contributed by atoms with E-state index in [1.165, 1.54) is 5.56 Å². The van der Waals surface area contributed by atoms with Crippen LogP contribution in [0.1, 0.15) is 5.56 Å². The van der Waals surface area contributed by atoms with Crippen LogP contribution in [-0.2, 0) is 6.42 Å². The number of hydrogen-bond donors (Lipinski definition) is 0. The van der Waals surface area contributed by atoms with Gasteiger partial charge in [-0.15, -0.1) is 6.58 Å². The molecule has 0 fully saturated rings. The summed E-state index contributed by atoms with van der Waals surface area (Å²) in [7, 11) is 0. The quantitative estimate of drug-likeness (QED) is 0.705. The first kappa shape index (κ1) is 9.59. The minimum atomic E-state index is 0.904. The average molecular weight is 196 g/mol. The smallest absolute Gasteiger partial charge is 0.0885 e. The molecular formula is C13H12N2. The Morgan fingerprint density at radius 2 is 1.93 bits per heavy atom. The lowest BCUT2D eigenvalue weighted by Gasteiger charge is -2.01. The number of rotatable bonds is 3. The van der Waals surface area contributed by atoms with Crippen molar-refractivity contribution in [2.75, 3.05) is 0 Å². The van der Waals surface area contributed by atoms with E-state index in [4.69, 9.17) is 0 Å². The topological polar surface area (TPSA) is 25.8 Å². The minimum absolute atomic E-state index is 0.904.